The summed E-state index contributed by atoms with van der Waals surface area (Å²) in [6.45, 7) is 12.4. The molecule has 198 valence electrons. The van der Waals surface area contributed by atoms with Crippen molar-refractivity contribution in [3.63, 3.8) is 0 Å². The van der Waals surface area contributed by atoms with E-state index in [0.29, 0.717) is 23.6 Å². The minimum Gasteiger partial charge on any atom is -0.493 e. The molecule has 2 atom stereocenters. The maximum absolute atomic E-state index is 13.6. The summed E-state index contributed by atoms with van der Waals surface area (Å²) >= 11 is 6.16. The Kier molecular flexibility index (Phi) is 10.1. The number of nitrogens with zero attached hydrogens (tertiary/aromatic N) is 2. The fraction of sp³-hybridized carbons (Fsp3) is 0.433. The quantitative estimate of drug-likeness (QED) is 0.332. The smallest absolute Gasteiger partial charge is 0.170 e. The number of hydrogen-bond donors (Lipinski definition) is 2. The lowest BCUT2D eigenvalue weighted by Crippen LogP contribution is -2.29. The summed E-state index contributed by atoms with van der Waals surface area (Å²) in [5.41, 5.74) is 6.57. The summed E-state index contributed by atoms with van der Waals surface area (Å²) in [6.07, 6.45) is 7.75. The SMILES string of the molecule is C/C=C(/C(=O)C1COc2ccc(Cl)cc2C1)c1cnc(-c2cn[nH]c2CC)cc1C(C)C.CCC(C)O. The van der Waals surface area contributed by atoms with Crippen molar-refractivity contribution < 1.29 is 14.6 Å². The highest BCUT2D eigenvalue weighted by Crippen LogP contribution is 2.35. The van der Waals surface area contributed by atoms with Crippen LogP contribution in [0.2, 0.25) is 5.02 Å². The number of benzene rings is 1. The number of rotatable bonds is 7. The Labute approximate surface area is 225 Å². The molecule has 2 aromatic heterocycles. The van der Waals surface area contributed by atoms with Crippen LogP contribution in [0.3, 0.4) is 0 Å². The molecule has 3 heterocycles. The van der Waals surface area contributed by atoms with Gasteiger partial charge in [-0.3, -0.25) is 14.9 Å². The molecule has 3 aromatic rings. The third-order valence-electron chi connectivity index (χ3n) is 6.64. The highest BCUT2D eigenvalue weighted by atomic mass is 35.5. The topological polar surface area (TPSA) is 88.1 Å². The van der Waals surface area contributed by atoms with Crippen molar-refractivity contribution in [2.24, 2.45) is 5.92 Å². The lowest BCUT2D eigenvalue weighted by Gasteiger charge is -2.26. The van der Waals surface area contributed by atoms with Gasteiger partial charge in [0, 0.05) is 33.6 Å². The van der Waals surface area contributed by atoms with Crippen LogP contribution in [0.1, 0.15) is 76.3 Å². The van der Waals surface area contributed by atoms with Crippen molar-refractivity contribution in [3.05, 3.63) is 70.1 Å². The highest BCUT2D eigenvalue weighted by Gasteiger charge is 2.30. The molecule has 0 radical (unpaired) electrons. The number of H-pyrrole nitrogens is 1. The van der Waals surface area contributed by atoms with Crippen molar-refractivity contribution in [2.75, 3.05) is 6.61 Å². The Morgan fingerprint density at radius 2 is 1.97 bits per heavy atom. The zero-order chi connectivity index (χ0) is 27.1. The van der Waals surface area contributed by atoms with Gasteiger partial charge in [0.2, 0.25) is 0 Å². The Morgan fingerprint density at radius 3 is 2.59 bits per heavy atom. The number of ether oxygens (including phenoxy) is 1. The standard InChI is InChI=1S/C26H28ClN3O2.C4H10O/c1-5-19(26(31)17-9-16-10-18(27)7-8-25(16)32-14-17)21-12-28-24(11-20(21)15(3)4)22-13-29-30-23(22)6-2;1-3-4(2)5/h5,7-8,10-13,15,17H,6,9,14H2,1-4H3,(H,29,30);4-5H,3H2,1-2H3/b19-5+;. The number of fused-ring (bicyclic) bond motifs is 1. The molecule has 0 amide bonds. The van der Waals surface area contributed by atoms with Crippen molar-refractivity contribution in [3.8, 4) is 17.0 Å². The molecule has 2 N–H and O–H groups in total. The fourth-order valence-corrected chi connectivity index (χ4v) is 4.50. The van der Waals surface area contributed by atoms with E-state index >= 15 is 0 Å². The van der Waals surface area contributed by atoms with E-state index in [1.165, 1.54) is 0 Å². The summed E-state index contributed by atoms with van der Waals surface area (Å²) < 4.78 is 5.88. The van der Waals surface area contributed by atoms with E-state index in [1.54, 1.807) is 6.92 Å². The molecule has 1 aliphatic heterocycles. The van der Waals surface area contributed by atoms with Gasteiger partial charge in [-0.25, -0.2) is 0 Å². The lowest BCUT2D eigenvalue weighted by molar-refractivity contribution is -0.118. The molecule has 1 aliphatic rings. The predicted molar refractivity (Wildman–Crippen MR) is 150 cm³/mol. The summed E-state index contributed by atoms with van der Waals surface area (Å²) in [5.74, 6) is 0.856. The molecule has 2 unspecified atom stereocenters. The average Bonchev–Trinajstić information content (AvgIpc) is 3.38. The summed E-state index contributed by atoms with van der Waals surface area (Å²) in [7, 11) is 0. The number of pyridine rings is 1. The number of aromatic nitrogens is 3. The fourth-order valence-electron chi connectivity index (χ4n) is 4.31. The monoisotopic (exact) mass is 523 g/mol. The molecule has 0 bridgehead atoms. The third-order valence-corrected chi connectivity index (χ3v) is 6.88. The lowest BCUT2D eigenvalue weighted by atomic mass is 9.84. The van der Waals surface area contributed by atoms with Gasteiger partial charge in [-0.2, -0.15) is 5.10 Å². The summed E-state index contributed by atoms with van der Waals surface area (Å²) in [4.78, 5) is 18.3. The Hall–Kier alpha value is -2.96. The molecule has 0 saturated heterocycles. The Morgan fingerprint density at radius 1 is 1.24 bits per heavy atom. The number of halogens is 1. The van der Waals surface area contributed by atoms with E-state index in [2.05, 4.69) is 37.0 Å². The molecule has 6 nitrogen and oxygen atoms in total. The van der Waals surface area contributed by atoms with Crippen LogP contribution in [0.15, 0.2) is 42.7 Å². The molecular formula is C30H38ClN3O3. The number of hydrogen-bond acceptors (Lipinski definition) is 5. The van der Waals surface area contributed by atoms with Crippen molar-refractivity contribution >= 4 is 23.0 Å². The van der Waals surface area contributed by atoms with E-state index in [4.69, 9.17) is 26.4 Å². The Balaban J connectivity index is 0.000000695. The van der Waals surface area contributed by atoms with Crippen LogP contribution < -0.4 is 4.74 Å². The number of carbonyl (C=O) groups is 1. The molecule has 37 heavy (non-hydrogen) atoms. The largest absolute Gasteiger partial charge is 0.493 e. The van der Waals surface area contributed by atoms with Crippen LogP contribution in [0, 0.1) is 5.92 Å². The van der Waals surface area contributed by atoms with Gasteiger partial charge < -0.3 is 9.84 Å². The highest BCUT2D eigenvalue weighted by molar-refractivity contribution is 6.30. The minimum absolute atomic E-state index is 0.0760. The van der Waals surface area contributed by atoms with Gasteiger partial charge in [0.05, 0.1) is 30.5 Å². The number of allylic oxidation sites excluding steroid dienone is 2. The van der Waals surface area contributed by atoms with Crippen LogP contribution in [0.5, 0.6) is 5.75 Å². The normalized spacial score (nSPS) is 15.9. The average molecular weight is 524 g/mol. The predicted octanol–water partition coefficient (Wildman–Crippen LogP) is 6.81. The Bertz CT molecular complexity index is 1250. The van der Waals surface area contributed by atoms with E-state index in [-0.39, 0.29) is 23.7 Å². The van der Waals surface area contributed by atoms with Crippen LogP contribution in [-0.2, 0) is 17.6 Å². The van der Waals surface area contributed by atoms with Gasteiger partial charge in [-0.1, -0.05) is 45.4 Å². The first-order valence-electron chi connectivity index (χ1n) is 13.0. The van der Waals surface area contributed by atoms with Crippen molar-refractivity contribution in [1.29, 1.82) is 0 Å². The number of Topliss-reactive ketones (excluding diaryl/α,β-unsaturated/α-hetero) is 1. The van der Waals surface area contributed by atoms with Crippen LogP contribution >= 0.6 is 11.6 Å². The van der Waals surface area contributed by atoms with Gasteiger partial charge in [-0.05, 0) is 74.4 Å². The summed E-state index contributed by atoms with van der Waals surface area (Å²) in [5, 5.41) is 16.2. The first kappa shape index (κ1) is 28.6. The van der Waals surface area contributed by atoms with Crippen molar-refractivity contribution in [1.82, 2.24) is 15.2 Å². The number of aliphatic hydroxyl groups excluding tert-OH is 1. The van der Waals surface area contributed by atoms with E-state index in [0.717, 1.165) is 52.2 Å². The molecule has 1 aromatic carbocycles. The number of aryl methyl sites for hydroxylation is 1. The number of aromatic amines is 1. The zero-order valence-electron chi connectivity index (χ0n) is 22.6. The maximum Gasteiger partial charge on any atom is 0.170 e. The van der Waals surface area contributed by atoms with E-state index in [1.807, 2.05) is 50.5 Å². The van der Waals surface area contributed by atoms with Crippen LogP contribution in [0.4, 0.5) is 0 Å². The number of ketones is 1. The third kappa shape index (κ3) is 6.88. The van der Waals surface area contributed by atoms with Gasteiger partial charge in [-0.15, -0.1) is 0 Å². The molecule has 4 rings (SSSR count). The van der Waals surface area contributed by atoms with Crippen LogP contribution in [-0.4, -0.2) is 38.8 Å². The second-order valence-corrected chi connectivity index (χ2v) is 10.2. The zero-order valence-corrected chi connectivity index (χ0v) is 23.4. The molecule has 7 heteroatoms. The minimum atomic E-state index is -0.257. The van der Waals surface area contributed by atoms with Gasteiger partial charge in [0.25, 0.3) is 0 Å². The first-order valence-corrected chi connectivity index (χ1v) is 13.4. The van der Waals surface area contributed by atoms with Gasteiger partial charge in [0.1, 0.15) is 5.75 Å². The van der Waals surface area contributed by atoms with E-state index in [9.17, 15) is 4.79 Å². The summed E-state index contributed by atoms with van der Waals surface area (Å²) in [6, 6.07) is 7.66. The maximum atomic E-state index is 13.6. The molecule has 0 aliphatic carbocycles. The molecule has 0 fully saturated rings. The van der Waals surface area contributed by atoms with E-state index < -0.39 is 0 Å². The van der Waals surface area contributed by atoms with Gasteiger partial charge in [0.15, 0.2) is 5.78 Å². The van der Waals surface area contributed by atoms with Gasteiger partial charge >= 0.3 is 0 Å². The van der Waals surface area contributed by atoms with Crippen LogP contribution in [0.25, 0.3) is 16.8 Å². The number of carbonyl (C=O) groups excluding carboxylic acids is 1. The molecule has 0 saturated carbocycles. The molecule has 0 spiro atoms. The molecular weight excluding hydrogens is 486 g/mol. The first-order chi connectivity index (χ1) is 17.7. The number of nitrogens with one attached hydrogen (secondary N) is 1. The van der Waals surface area contributed by atoms with Crippen molar-refractivity contribution in [2.45, 2.75) is 72.8 Å². The second-order valence-electron chi connectivity index (χ2n) is 9.72. The number of aliphatic hydroxyl groups is 1. The second kappa shape index (κ2) is 13.0.